The van der Waals surface area contributed by atoms with E-state index in [9.17, 15) is 4.79 Å². The Morgan fingerprint density at radius 2 is 1.59 bits per heavy atom. The largest absolute Gasteiger partial charge is 1.00 e. The van der Waals surface area contributed by atoms with Crippen molar-refractivity contribution in [3.63, 3.8) is 0 Å². The van der Waals surface area contributed by atoms with Crippen LogP contribution in [0.1, 0.15) is 63.4 Å². The van der Waals surface area contributed by atoms with Gasteiger partial charge in [0.2, 0.25) is 0 Å². The Morgan fingerprint density at radius 1 is 0.946 bits per heavy atom. The maximum Gasteiger partial charge on any atom is 0.317 e. The Bertz CT molecular complexity index is 1070. The Morgan fingerprint density at radius 3 is 2.27 bits per heavy atom. The summed E-state index contributed by atoms with van der Waals surface area (Å²) in [6, 6.07) is 21.0. The number of carbonyl (C=O) groups excluding carboxylic acids is 1. The molecule has 1 aliphatic carbocycles. The Labute approximate surface area is 227 Å². The van der Waals surface area contributed by atoms with E-state index in [1.165, 1.54) is 37.3 Å². The molecule has 7 rings (SSSR count). The van der Waals surface area contributed by atoms with Crippen molar-refractivity contribution in [3.8, 4) is 0 Å². The van der Waals surface area contributed by atoms with Gasteiger partial charge in [0, 0.05) is 31.7 Å². The summed E-state index contributed by atoms with van der Waals surface area (Å²) in [5.74, 6) is 0.555. The van der Waals surface area contributed by atoms with Crippen LogP contribution < -0.4 is 17.4 Å². The lowest BCUT2D eigenvalue weighted by Crippen LogP contribution is -3.00. The second-order valence-electron chi connectivity index (χ2n) is 11.6. The number of para-hydroxylation sites is 1. The van der Waals surface area contributed by atoms with Crippen molar-refractivity contribution in [2.75, 3.05) is 37.7 Å². The Balaban J connectivity index is 0.00000280. The Kier molecular flexibility index (Phi) is 7.92. The van der Waals surface area contributed by atoms with Gasteiger partial charge in [-0.25, -0.2) is 0 Å². The first-order valence-electron chi connectivity index (χ1n) is 14.2. The first kappa shape index (κ1) is 26.2. The molecule has 1 saturated carbocycles. The molecule has 37 heavy (non-hydrogen) atoms. The molecular weight excluding hydrogens is 482 g/mol. The van der Waals surface area contributed by atoms with E-state index >= 15 is 0 Å². The van der Waals surface area contributed by atoms with E-state index < -0.39 is 5.41 Å². The third kappa shape index (κ3) is 5.31. The predicted octanol–water partition coefficient (Wildman–Crippen LogP) is 2.70. The number of piperidine rings is 3. The molecule has 3 saturated heterocycles. The number of carbonyl (C=O) groups is 1. The van der Waals surface area contributed by atoms with E-state index in [0.717, 1.165) is 74.6 Å². The van der Waals surface area contributed by atoms with Gasteiger partial charge in [0.15, 0.2) is 6.10 Å². The summed E-state index contributed by atoms with van der Waals surface area (Å²) < 4.78 is 7.59. The molecule has 4 heterocycles. The Hall–Kier alpha value is -2.37. The van der Waals surface area contributed by atoms with Crippen LogP contribution in [0.4, 0.5) is 5.69 Å². The minimum absolute atomic E-state index is 0. The SMILES string of the molecule is O=C(O[C@H]1C[N+]2(CC3=NN(c4ccccc4)CC3)CCC1CC2)C1(c2ccccc2)CCCCCC1.[Cl-]. The minimum Gasteiger partial charge on any atom is -1.00 e. The van der Waals surface area contributed by atoms with Crippen molar-refractivity contribution in [1.82, 2.24) is 0 Å². The van der Waals surface area contributed by atoms with Gasteiger partial charge < -0.3 is 21.6 Å². The number of rotatable bonds is 6. The summed E-state index contributed by atoms with van der Waals surface area (Å²) in [5, 5.41) is 7.16. The topological polar surface area (TPSA) is 41.9 Å². The maximum absolute atomic E-state index is 14.0. The van der Waals surface area contributed by atoms with Crippen LogP contribution in [-0.2, 0) is 14.9 Å². The fourth-order valence-electron chi connectivity index (χ4n) is 7.32. The van der Waals surface area contributed by atoms with Gasteiger partial charge in [0.1, 0.15) is 13.1 Å². The smallest absolute Gasteiger partial charge is 0.317 e. The van der Waals surface area contributed by atoms with E-state index in [4.69, 9.17) is 9.84 Å². The van der Waals surface area contributed by atoms with E-state index in [1.807, 2.05) is 6.07 Å². The highest BCUT2D eigenvalue weighted by Crippen LogP contribution is 2.42. The lowest BCUT2D eigenvalue weighted by atomic mass is 9.74. The minimum atomic E-state index is -0.472. The molecular formula is C31H40ClN3O2. The molecule has 4 aliphatic heterocycles. The highest BCUT2D eigenvalue weighted by atomic mass is 35.5. The number of ether oxygens (including phenoxy) is 1. The number of halogens is 1. The van der Waals surface area contributed by atoms with E-state index in [1.54, 1.807) is 0 Å². The van der Waals surface area contributed by atoms with Crippen molar-refractivity contribution in [2.45, 2.75) is 69.3 Å². The number of esters is 1. The second kappa shape index (κ2) is 11.2. The molecule has 0 N–H and O–H groups in total. The molecule has 6 heteroatoms. The molecule has 5 nitrogen and oxygen atoms in total. The normalized spacial score (nSPS) is 28.6. The summed E-state index contributed by atoms with van der Waals surface area (Å²) in [5.41, 5.74) is 3.16. The lowest BCUT2D eigenvalue weighted by molar-refractivity contribution is -0.938. The number of hydrazone groups is 1. The number of hydrogen-bond donors (Lipinski definition) is 0. The molecule has 1 atom stereocenters. The highest BCUT2D eigenvalue weighted by Gasteiger charge is 2.50. The average Bonchev–Trinajstić information content (AvgIpc) is 3.23. The van der Waals surface area contributed by atoms with E-state index in [-0.39, 0.29) is 24.5 Å². The molecule has 2 bridgehead atoms. The van der Waals surface area contributed by atoms with Crippen molar-refractivity contribution in [1.29, 1.82) is 0 Å². The summed E-state index contributed by atoms with van der Waals surface area (Å²) in [6.07, 6.45) is 9.87. The average molecular weight is 522 g/mol. The van der Waals surface area contributed by atoms with Crippen molar-refractivity contribution >= 4 is 17.4 Å². The molecule has 2 aromatic rings. The zero-order valence-corrected chi connectivity index (χ0v) is 22.6. The number of nitrogens with zero attached hydrogens (tertiary/aromatic N) is 3. The predicted molar refractivity (Wildman–Crippen MR) is 144 cm³/mol. The van der Waals surface area contributed by atoms with Crippen LogP contribution >= 0.6 is 0 Å². The van der Waals surface area contributed by atoms with Gasteiger partial charge in [-0.3, -0.25) is 9.80 Å². The van der Waals surface area contributed by atoms with E-state index in [0.29, 0.717) is 5.92 Å². The van der Waals surface area contributed by atoms with Gasteiger partial charge >= 0.3 is 5.97 Å². The van der Waals surface area contributed by atoms with Crippen LogP contribution in [0.3, 0.4) is 0 Å². The molecule has 0 aromatic heterocycles. The summed E-state index contributed by atoms with van der Waals surface area (Å²) >= 11 is 0. The van der Waals surface area contributed by atoms with Crippen LogP contribution in [0.25, 0.3) is 0 Å². The van der Waals surface area contributed by atoms with Gasteiger partial charge in [-0.15, -0.1) is 0 Å². The van der Waals surface area contributed by atoms with Gasteiger partial charge in [-0.05, 0) is 30.5 Å². The summed E-state index contributed by atoms with van der Waals surface area (Å²) in [6.45, 7) is 5.28. The monoisotopic (exact) mass is 521 g/mol. The first-order valence-corrected chi connectivity index (χ1v) is 14.2. The zero-order chi connectivity index (χ0) is 24.4. The molecule has 0 amide bonds. The molecule has 0 unspecified atom stereocenters. The van der Waals surface area contributed by atoms with Gasteiger partial charge in [-0.2, -0.15) is 5.10 Å². The van der Waals surface area contributed by atoms with Crippen molar-refractivity contribution < 1.29 is 26.4 Å². The molecule has 198 valence electrons. The van der Waals surface area contributed by atoms with Crippen LogP contribution in [-0.4, -0.2) is 55.0 Å². The molecule has 4 fully saturated rings. The zero-order valence-electron chi connectivity index (χ0n) is 21.9. The van der Waals surface area contributed by atoms with Crippen LogP contribution in [0.5, 0.6) is 0 Å². The van der Waals surface area contributed by atoms with Gasteiger partial charge in [0.25, 0.3) is 0 Å². The second-order valence-corrected chi connectivity index (χ2v) is 11.6. The molecule has 2 aromatic carbocycles. The maximum atomic E-state index is 14.0. The molecule has 0 spiro atoms. The number of quaternary nitrogens is 1. The van der Waals surface area contributed by atoms with Crippen LogP contribution in [0, 0.1) is 5.92 Å². The molecule has 0 radical (unpaired) electrons. The quantitative estimate of drug-likeness (QED) is 0.333. The van der Waals surface area contributed by atoms with Crippen molar-refractivity contribution in [2.24, 2.45) is 11.0 Å². The van der Waals surface area contributed by atoms with Gasteiger partial charge in [0.05, 0.1) is 29.9 Å². The third-order valence-corrected chi connectivity index (χ3v) is 9.42. The standard InChI is InChI=1S/C31H40N3O2.ClH/c35-30(31(18-9-1-2-10-19-31)26-11-5-3-6-12-26)36-29-24-34(21-16-25(29)17-22-34)23-27-15-20-33(32-27)28-13-7-4-8-14-28;/h3-8,11-14,25,29H,1-2,9-10,15-24H2;1H/q+1;/p-1/t25?,29-,34?;/m0./s1. The van der Waals surface area contributed by atoms with E-state index in [2.05, 4.69) is 59.6 Å². The number of hydrogen-bond acceptors (Lipinski definition) is 4. The number of fused-ring (bicyclic) bond motifs is 3. The third-order valence-electron chi connectivity index (χ3n) is 9.42. The van der Waals surface area contributed by atoms with Gasteiger partial charge in [-0.1, -0.05) is 74.2 Å². The number of benzene rings is 2. The lowest BCUT2D eigenvalue weighted by Gasteiger charge is -2.52. The van der Waals surface area contributed by atoms with Crippen molar-refractivity contribution in [3.05, 3.63) is 66.2 Å². The number of anilines is 1. The summed E-state index contributed by atoms with van der Waals surface area (Å²) in [7, 11) is 0. The molecule has 5 aliphatic rings. The summed E-state index contributed by atoms with van der Waals surface area (Å²) in [4.78, 5) is 14.0. The van der Waals surface area contributed by atoms with Crippen LogP contribution in [0.15, 0.2) is 65.8 Å². The highest BCUT2D eigenvalue weighted by molar-refractivity contribution is 5.89. The first-order chi connectivity index (χ1) is 17.7. The van der Waals surface area contributed by atoms with Crippen LogP contribution in [0.2, 0.25) is 0 Å². The fourth-order valence-corrected chi connectivity index (χ4v) is 7.32. The fraction of sp³-hybridized carbons (Fsp3) is 0.548.